The Hall–Kier alpha value is -2.91. The van der Waals surface area contributed by atoms with Gasteiger partial charge in [-0.15, -0.1) is 0 Å². The quantitative estimate of drug-likeness (QED) is 0.484. The van der Waals surface area contributed by atoms with E-state index in [1.807, 2.05) is 24.3 Å². The average molecular weight is 457 g/mol. The maximum atomic E-state index is 14.3. The summed E-state index contributed by atoms with van der Waals surface area (Å²) in [6.45, 7) is 3.98. The van der Waals surface area contributed by atoms with Gasteiger partial charge in [0.15, 0.2) is 0 Å². The molecule has 8 nitrogen and oxygen atoms in total. The van der Waals surface area contributed by atoms with E-state index in [9.17, 15) is 9.18 Å². The van der Waals surface area contributed by atoms with E-state index in [1.54, 1.807) is 6.07 Å². The molecular formula is C24H33FN6O2. The number of halogens is 1. The highest BCUT2D eigenvalue weighted by atomic mass is 19.1. The van der Waals surface area contributed by atoms with Crippen molar-refractivity contribution in [2.45, 2.75) is 31.5 Å². The fourth-order valence-electron chi connectivity index (χ4n) is 4.25. The molecule has 0 radical (unpaired) electrons. The number of amides is 1. The van der Waals surface area contributed by atoms with Crippen LogP contribution in [0.3, 0.4) is 0 Å². The number of rotatable bonds is 8. The third kappa shape index (κ3) is 6.33. The van der Waals surface area contributed by atoms with Crippen LogP contribution in [0.25, 0.3) is 0 Å². The van der Waals surface area contributed by atoms with Gasteiger partial charge in [-0.1, -0.05) is 0 Å². The number of primary amides is 1. The Balaban J connectivity index is 1.38. The van der Waals surface area contributed by atoms with Gasteiger partial charge < -0.3 is 31.3 Å². The number of benzene rings is 1. The van der Waals surface area contributed by atoms with Crippen LogP contribution in [0.4, 0.5) is 21.6 Å². The molecule has 9 heteroatoms. The summed E-state index contributed by atoms with van der Waals surface area (Å²) in [4.78, 5) is 18.5. The first-order valence-corrected chi connectivity index (χ1v) is 11.6. The molecule has 5 N–H and O–H groups in total. The van der Waals surface area contributed by atoms with E-state index in [-0.39, 0.29) is 18.2 Å². The Morgan fingerprint density at radius 3 is 2.73 bits per heavy atom. The number of likely N-dealkylation sites (tertiary alicyclic amines) is 1. The molecule has 0 saturated carbocycles. The lowest BCUT2D eigenvalue weighted by Gasteiger charge is -2.29. The molecule has 1 aromatic heterocycles. The van der Waals surface area contributed by atoms with Gasteiger partial charge in [0.05, 0.1) is 23.9 Å². The summed E-state index contributed by atoms with van der Waals surface area (Å²) in [7, 11) is 2.16. The zero-order valence-corrected chi connectivity index (χ0v) is 19.0. The van der Waals surface area contributed by atoms with E-state index in [0.29, 0.717) is 30.4 Å². The second-order valence-corrected chi connectivity index (χ2v) is 8.95. The van der Waals surface area contributed by atoms with Crippen molar-refractivity contribution in [1.29, 1.82) is 0 Å². The van der Waals surface area contributed by atoms with Crippen molar-refractivity contribution in [1.82, 2.24) is 15.2 Å². The number of carbonyl (C=O) groups is 1. The lowest BCUT2D eigenvalue weighted by Crippen LogP contribution is -2.45. The number of alkyl halides is 1. The number of piperidine rings is 2. The number of nitrogens with two attached hydrogens (primary N) is 1. The molecule has 33 heavy (non-hydrogen) atoms. The fraction of sp³-hybridized carbons (Fsp3) is 0.500. The number of nitrogens with one attached hydrogen (secondary N) is 3. The summed E-state index contributed by atoms with van der Waals surface area (Å²) >= 11 is 0. The van der Waals surface area contributed by atoms with Crippen LogP contribution in [-0.2, 0) is 0 Å². The maximum absolute atomic E-state index is 14.3. The molecule has 2 aliphatic heterocycles. The summed E-state index contributed by atoms with van der Waals surface area (Å²) in [5.41, 5.74) is 7.05. The molecule has 0 aliphatic carbocycles. The molecular weight excluding hydrogens is 423 g/mol. The van der Waals surface area contributed by atoms with Crippen molar-refractivity contribution in [3.63, 3.8) is 0 Å². The van der Waals surface area contributed by atoms with Gasteiger partial charge in [0, 0.05) is 24.5 Å². The van der Waals surface area contributed by atoms with Crippen LogP contribution < -0.4 is 26.4 Å². The minimum atomic E-state index is -1.05. The van der Waals surface area contributed by atoms with Crippen LogP contribution in [0.15, 0.2) is 36.5 Å². The van der Waals surface area contributed by atoms with E-state index < -0.39 is 12.1 Å². The number of hydrogen-bond acceptors (Lipinski definition) is 7. The Morgan fingerprint density at radius 2 is 2.03 bits per heavy atom. The van der Waals surface area contributed by atoms with Crippen molar-refractivity contribution in [2.24, 2.45) is 11.7 Å². The number of ether oxygens (including phenoxy) is 1. The summed E-state index contributed by atoms with van der Waals surface area (Å²) < 4.78 is 20.2. The molecule has 178 valence electrons. The fourth-order valence-corrected chi connectivity index (χ4v) is 4.25. The van der Waals surface area contributed by atoms with Crippen molar-refractivity contribution < 1.29 is 13.9 Å². The Morgan fingerprint density at radius 1 is 1.27 bits per heavy atom. The third-order valence-electron chi connectivity index (χ3n) is 6.37. The number of aromatic nitrogens is 1. The van der Waals surface area contributed by atoms with E-state index >= 15 is 0 Å². The van der Waals surface area contributed by atoms with Crippen LogP contribution >= 0.6 is 0 Å². The number of anilines is 3. The smallest absolute Gasteiger partial charge is 0.252 e. The van der Waals surface area contributed by atoms with Crippen LogP contribution in [0.5, 0.6) is 5.75 Å². The van der Waals surface area contributed by atoms with Gasteiger partial charge in [-0.25, -0.2) is 9.37 Å². The molecule has 3 heterocycles. The van der Waals surface area contributed by atoms with Gasteiger partial charge in [0.25, 0.3) is 5.91 Å². The molecule has 1 aromatic carbocycles. The van der Waals surface area contributed by atoms with Crippen molar-refractivity contribution in [3.05, 3.63) is 42.1 Å². The second kappa shape index (κ2) is 10.8. The van der Waals surface area contributed by atoms with Gasteiger partial charge in [0.1, 0.15) is 17.7 Å². The summed E-state index contributed by atoms with van der Waals surface area (Å²) in [6.07, 6.45) is 3.32. The lowest BCUT2D eigenvalue weighted by atomic mass is 9.98. The first-order chi connectivity index (χ1) is 16.0. The summed E-state index contributed by atoms with van der Waals surface area (Å²) in [5, 5.41) is 9.40. The van der Waals surface area contributed by atoms with Crippen LogP contribution in [-0.4, -0.2) is 67.8 Å². The standard InChI is InChI=1S/C24H33FN6O2/c1-31-10-7-16(8-11-31)15-33-18-4-2-17(3-5-18)29-23-12-22(19(13-28-23)24(26)32)30-21-6-9-27-14-20(21)25/h2-5,12-13,16,20-21,27H,6-11,14-15H2,1H3,(H2,26,32)(H2,28,29,30)/t20-,21+/m0/s1. The molecule has 0 spiro atoms. The highest BCUT2D eigenvalue weighted by Crippen LogP contribution is 2.26. The predicted octanol–water partition coefficient (Wildman–Crippen LogP) is 2.76. The Kier molecular flexibility index (Phi) is 7.61. The highest BCUT2D eigenvalue weighted by Gasteiger charge is 2.26. The molecule has 1 amide bonds. The highest BCUT2D eigenvalue weighted by molar-refractivity contribution is 5.98. The lowest BCUT2D eigenvalue weighted by molar-refractivity contribution is 0.100. The van der Waals surface area contributed by atoms with Gasteiger partial charge in [-0.2, -0.15) is 0 Å². The minimum Gasteiger partial charge on any atom is -0.493 e. The zero-order valence-electron chi connectivity index (χ0n) is 19.0. The van der Waals surface area contributed by atoms with Gasteiger partial charge in [-0.05, 0) is 76.1 Å². The van der Waals surface area contributed by atoms with Crippen molar-refractivity contribution in [2.75, 3.05) is 50.5 Å². The molecule has 2 aliphatic rings. The van der Waals surface area contributed by atoms with Gasteiger partial charge in [0.2, 0.25) is 0 Å². The van der Waals surface area contributed by atoms with E-state index in [0.717, 1.165) is 31.1 Å². The number of carbonyl (C=O) groups excluding carboxylic acids is 1. The number of nitrogens with zero attached hydrogens (tertiary/aromatic N) is 2. The zero-order chi connectivity index (χ0) is 23.2. The summed E-state index contributed by atoms with van der Waals surface area (Å²) in [6, 6.07) is 9.00. The topological polar surface area (TPSA) is 105 Å². The van der Waals surface area contributed by atoms with E-state index in [4.69, 9.17) is 10.5 Å². The van der Waals surface area contributed by atoms with Crippen LogP contribution in [0, 0.1) is 5.92 Å². The molecule has 2 saturated heterocycles. The van der Waals surface area contributed by atoms with E-state index in [2.05, 4.69) is 32.9 Å². The molecule has 0 bridgehead atoms. The molecule has 2 aromatic rings. The van der Waals surface area contributed by atoms with Gasteiger partial charge in [-0.3, -0.25) is 4.79 Å². The normalized spacial score (nSPS) is 22.0. The van der Waals surface area contributed by atoms with Gasteiger partial charge >= 0.3 is 0 Å². The molecule has 2 atom stereocenters. The predicted molar refractivity (Wildman–Crippen MR) is 128 cm³/mol. The maximum Gasteiger partial charge on any atom is 0.252 e. The second-order valence-electron chi connectivity index (χ2n) is 8.95. The minimum absolute atomic E-state index is 0.240. The average Bonchev–Trinajstić information content (AvgIpc) is 2.81. The summed E-state index contributed by atoms with van der Waals surface area (Å²) in [5.74, 6) is 1.36. The molecule has 2 fully saturated rings. The first kappa shape index (κ1) is 23.3. The molecule has 0 unspecified atom stereocenters. The van der Waals surface area contributed by atoms with Crippen molar-refractivity contribution in [3.8, 4) is 5.75 Å². The Bertz CT molecular complexity index is 933. The number of hydrogen-bond donors (Lipinski definition) is 4. The van der Waals surface area contributed by atoms with Crippen molar-refractivity contribution >= 4 is 23.1 Å². The van der Waals surface area contributed by atoms with Crippen LogP contribution in [0.1, 0.15) is 29.6 Å². The number of pyridine rings is 1. The van der Waals surface area contributed by atoms with E-state index in [1.165, 1.54) is 19.0 Å². The molecule has 4 rings (SSSR count). The Labute approximate surface area is 194 Å². The van der Waals surface area contributed by atoms with Crippen LogP contribution in [0.2, 0.25) is 0 Å². The first-order valence-electron chi connectivity index (χ1n) is 11.6. The monoisotopic (exact) mass is 456 g/mol. The third-order valence-corrected chi connectivity index (χ3v) is 6.37. The SMILES string of the molecule is CN1CCC(COc2ccc(Nc3cc(N[C@@H]4CCNC[C@@H]4F)c(C(N)=O)cn3)cc2)CC1. The largest absolute Gasteiger partial charge is 0.493 e.